The first-order valence-electron chi connectivity index (χ1n) is 10.9. The van der Waals surface area contributed by atoms with Crippen molar-refractivity contribution in [3.63, 3.8) is 0 Å². The Kier molecular flexibility index (Phi) is 6.87. The van der Waals surface area contributed by atoms with E-state index in [0.717, 1.165) is 22.2 Å². The number of H-pyrrole nitrogens is 1. The molecule has 3 aromatic rings. The normalized spacial score (nSPS) is 18.4. The van der Waals surface area contributed by atoms with Gasteiger partial charge >= 0.3 is 0 Å². The van der Waals surface area contributed by atoms with Gasteiger partial charge in [0.05, 0.1) is 30.8 Å². The predicted molar refractivity (Wildman–Crippen MR) is 121 cm³/mol. The van der Waals surface area contributed by atoms with E-state index in [4.69, 9.17) is 9.47 Å². The Labute approximate surface area is 187 Å². The van der Waals surface area contributed by atoms with Crippen molar-refractivity contribution in [1.29, 1.82) is 0 Å². The van der Waals surface area contributed by atoms with E-state index in [0.29, 0.717) is 24.8 Å². The number of rotatable bonds is 8. The van der Waals surface area contributed by atoms with Gasteiger partial charge in [-0.3, -0.25) is 4.79 Å². The highest BCUT2D eigenvalue weighted by Gasteiger charge is 2.29. The van der Waals surface area contributed by atoms with Crippen LogP contribution in [0, 0.1) is 11.8 Å². The van der Waals surface area contributed by atoms with E-state index in [9.17, 15) is 9.90 Å². The Hall–Kier alpha value is -3.16. The van der Waals surface area contributed by atoms with Crippen LogP contribution in [0.5, 0.6) is 0 Å². The smallest absolute Gasteiger partial charge is 0.286 e. The molecule has 7 nitrogen and oxygen atoms in total. The summed E-state index contributed by atoms with van der Waals surface area (Å²) >= 11 is 0. The third-order valence-corrected chi connectivity index (χ3v) is 5.66. The van der Waals surface area contributed by atoms with Gasteiger partial charge in [0.1, 0.15) is 5.82 Å². The molecule has 1 aromatic heterocycles. The molecule has 0 bridgehead atoms. The van der Waals surface area contributed by atoms with Gasteiger partial charge in [-0.05, 0) is 41.2 Å². The number of fused-ring (bicyclic) bond motifs is 1. The molecule has 4 rings (SSSR count). The molecule has 0 fully saturated rings. The summed E-state index contributed by atoms with van der Waals surface area (Å²) < 4.78 is 11.9. The summed E-state index contributed by atoms with van der Waals surface area (Å²) in [5, 5.41) is 12.1. The van der Waals surface area contributed by atoms with Gasteiger partial charge in [0.25, 0.3) is 5.91 Å². The summed E-state index contributed by atoms with van der Waals surface area (Å²) in [4.78, 5) is 20.5. The lowest BCUT2D eigenvalue weighted by atomic mass is 9.90. The fraction of sp³-hybridized carbons (Fsp3) is 0.360. The van der Waals surface area contributed by atoms with Crippen molar-refractivity contribution in [1.82, 2.24) is 15.3 Å². The van der Waals surface area contributed by atoms with Crippen molar-refractivity contribution in [3.8, 4) is 0 Å². The Balaban J connectivity index is 1.37. The van der Waals surface area contributed by atoms with Gasteiger partial charge in [-0.1, -0.05) is 50.2 Å². The maximum absolute atomic E-state index is 12.8. The second-order valence-electron chi connectivity index (χ2n) is 8.39. The molecule has 1 aliphatic rings. The first-order valence-corrected chi connectivity index (χ1v) is 10.9. The SMILES string of the molecule is CC(C)C1C=C(C(=O)NCc2nc3ccccc3[nH]2)OC(OCc2ccc(CO)cc2)C1. The first-order chi connectivity index (χ1) is 15.5. The van der Waals surface area contributed by atoms with Crippen molar-refractivity contribution < 1.29 is 19.4 Å². The minimum atomic E-state index is -0.503. The van der Waals surface area contributed by atoms with Gasteiger partial charge in [0.2, 0.25) is 6.29 Å². The maximum Gasteiger partial charge on any atom is 0.286 e. The molecule has 0 radical (unpaired) electrons. The van der Waals surface area contributed by atoms with Gasteiger partial charge in [0, 0.05) is 6.42 Å². The van der Waals surface area contributed by atoms with Crippen LogP contribution in [0.1, 0.15) is 37.2 Å². The molecule has 168 valence electrons. The molecule has 7 heteroatoms. The highest BCUT2D eigenvalue weighted by Crippen LogP contribution is 2.29. The van der Waals surface area contributed by atoms with Crippen LogP contribution < -0.4 is 5.32 Å². The molecule has 1 amide bonds. The number of benzene rings is 2. The van der Waals surface area contributed by atoms with Gasteiger partial charge in [-0.15, -0.1) is 0 Å². The zero-order chi connectivity index (χ0) is 22.5. The average molecular weight is 436 g/mol. The van der Waals surface area contributed by atoms with Crippen LogP contribution in [0.25, 0.3) is 11.0 Å². The number of ether oxygens (including phenoxy) is 2. The van der Waals surface area contributed by atoms with Gasteiger partial charge < -0.3 is 24.9 Å². The molecule has 2 heterocycles. The fourth-order valence-corrected chi connectivity index (χ4v) is 3.68. The fourth-order valence-electron chi connectivity index (χ4n) is 3.68. The zero-order valence-corrected chi connectivity index (χ0v) is 18.4. The monoisotopic (exact) mass is 435 g/mol. The number of hydrogen-bond acceptors (Lipinski definition) is 5. The number of hydrogen-bond donors (Lipinski definition) is 3. The summed E-state index contributed by atoms with van der Waals surface area (Å²) in [7, 11) is 0. The second kappa shape index (κ2) is 9.97. The first kappa shape index (κ1) is 22.0. The number of aromatic amines is 1. The highest BCUT2D eigenvalue weighted by molar-refractivity contribution is 5.91. The third-order valence-electron chi connectivity index (χ3n) is 5.66. The zero-order valence-electron chi connectivity index (χ0n) is 18.4. The van der Waals surface area contributed by atoms with Crippen molar-refractivity contribution in [3.05, 3.63) is 77.3 Å². The average Bonchev–Trinajstić information content (AvgIpc) is 3.24. The van der Waals surface area contributed by atoms with Gasteiger partial charge in [0.15, 0.2) is 5.76 Å². The van der Waals surface area contributed by atoms with E-state index in [1.54, 1.807) is 0 Å². The van der Waals surface area contributed by atoms with Crippen LogP contribution >= 0.6 is 0 Å². The lowest BCUT2D eigenvalue weighted by Crippen LogP contribution is -2.34. The molecule has 0 spiro atoms. The number of nitrogens with zero attached hydrogens (tertiary/aromatic N) is 1. The standard InChI is InChI=1S/C25H29N3O4/c1-16(2)19-11-22(25(30)26-13-23-27-20-5-3-4-6-21(20)28-23)32-24(12-19)31-15-18-9-7-17(14-29)8-10-18/h3-11,16,19,24,29H,12-15H2,1-2H3,(H,26,30)(H,27,28). The molecule has 2 aromatic carbocycles. The Bertz CT molecular complexity index is 1060. The molecule has 2 unspecified atom stereocenters. The van der Waals surface area contributed by atoms with E-state index in [1.807, 2.05) is 54.6 Å². The quantitative estimate of drug-likeness (QED) is 0.500. The van der Waals surface area contributed by atoms with Crippen molar-refractivity contribution >= 4 is 16.9 Å². The maximum atomic E-state index is 12.8. The highest BCUT2D eigenvalue weighted by atomic mass is 16.7. The predicted octanol–water partition coefficient (Wildman–Crippen LogP) is 3.79. The molecule has 32 heavy (non-hydrogen) atoms. The van der Waals surface area contributed by atoms with Crippen molar-refractivity contribution in [2.75, 3.05) is 0 Å². The summed E-state index contributed by atoms with van der Waals surface area (Å²) in [5.41, 5.74) is 3.64. The van der Waals surface area contributed by atoms with E-state index >= 15 is 0 Å². The molecule has 0 saturated carbocycles. The number of aliphatic hydroxyl groups excluding tert-OH is 1. The number of para-hydroxylation sites is 2. The van der Waals surface area contributed by atoms with E-state index in [2.05, 4.69) is 29.1 Å². The van der Waals surface area contributed by atoms with Crippen LogP contribution in [-0.4, -0.2) is 27.3 Å². The van der Waals surface area contributed by atoms with Gasteiger partial charge in [-0.25, -0.2) is 4.98 Å². The summed E-state index contributed by atoms with van der Waals surface area (Å²) in [5.74, 6) is 1.23. The Morgan fingerprint density at radius 3 is 2.69 bits per heavy atom. The number of imidazole rings is 1. The molecule has 0 aliphatic carbocycles. The number of aliphatic hydroxyl groups is 1. The van der Waals surface area contributed by atoms with E-state index in [-0.39, 0.29) is 30.7 Å². The molecule has 0 saturated heterocycles. The number of amides is 1. The number of nitrogens with one attached hydrogen (secondary N) is 2. The molecule has 2 atom stereocenters. The van der Waals surface area contributed by atoms with Crippen LogP contribution in [0.4, 0.5) is 0 Å². The van der Waals surface area contributed by atoms with Crippen LogP contribution in [0.15, 0.2) is 60.4 Å². The topological polar surface area (TPSA) is 96.5 Å². The molecular formula is C25H29N3O4. The van der Waals surface area contributed by atoms with Gasteiger partial charge in [-0.2, -0.15) is 0 Å². The summed E-state index contributed by atoms with van der Waals surface area (Å²) in [6.07, 6.45) is 2.08. The number of carbonyl (C=O) groups excluding carboxylic acids is 1. The number of carbonyl (C=O) groups is 1. The lowest BCUT2D eigenvalue weighted by molar-refractivity contribution is -0.155. The van der Waals surface area contributed by atoms with Crippen LogP contribution in [0.3, 0.4) is 0 Å². The van der Waals surface area contributed by atoms with E-state index in [1.165, 1.54) is 0 Å². The molecule has 1 aliphatic heterocycles. The number of aromatic nitrogens is 2. The van der Waals surface area contributed by atoms with Crippen LogP contribution in [0.2, 0.25) is 0 Å². The van der Waals surface area contributed by atoms with Crippen molar-refractivity contribution in [2.45, 2.75) is 46.3 Å². The third kappa shape index (κ3) is 5.36. The summed E-state index contributed by atoms with van der Waals surface area (Å²) in [6.45, 7) is 4.92. The molecular weight excluding hydrogens is 406 g/mol. The minimum Gasteiger partial charge on any atom is -0.459 e. The lowest BCUT2D eigenvalue weighted by Gasteiger charge is -2.30. The van der Waals surface area contributed by atoms with E-state index < -0.39 is 6.29 Å². The second-order valence-corrected chi connectivity index (χ2v) is 8.39. The minimum absolute atomic E-state index is 0.0141. The number of allylic oxidation sites excluding steroid dienone is 1. The Morgan fingerprint density at radius 1 is 1.22 bits per heavy atom. The largest absolute Gasteiger partial charge is 0.459 e. The Morgan fingerprint density at radius 2 is 1.97 bits per heavy atom. The molecule has 3 N–H and O–H groups in total. The van der Waals surface area contributed by atoms with Crippen molar-refractivity contribution in [2.24, 2.45) is 11.8 Å². The summed E-state index contributed by atoms with van der Waals surface area (Å²) in [6, 6.07) is 15.3. The van der Waals surface area contributed by atoms with Crippen LogP contribution in [-0.2, 0) is 34.0 Å².